The summed E-state index contributed by atoms with van der Waals surface area (Å²) in [6.07, 6.45) is 0. The molecule has 2 aromatic rings. The predicted molar refractivity (Wildman–Crippen MR) is 82.5 cm³/mol. The molecule has 0 aliphatic rings. The van der Waals surface area contributed by atoms with Crippen LogP contribution in [0.3, 0.4) is 0 Å². The Hall–Kier alpha value is -1.79. The number of nitrogens with one attached hydrogen (secondary N) is 1. The smallest absolute Gasteiger partial charge is 0.283 e. The number of halogens is 2. The molecule has 1 N–H and O–H groups in total. The molecule has 0 saturated heterocycles. The second kappa shape index (κ2) is 6.78. The van der Waals surface area contributed by atoms with Gasteiger partial charge in [-0.2, -0.15) is 0 Å². The predicted octanol–water partition coefficient (Wildman–Crippen LogP) is 4.35. The normalized spacial score (nSPS) is 12.1. The third kappa shape index (κ3) is 4.09. The van der Waals surface area contributed by atoms with Gasteiger partial charge in [0.25, 0.3) is 5.69 Å². The summed E-state index contributed by atoms with van der Waals surface area (Å²) in [5.41, 5.74) is 1.67. The lowest BCUT2D eigenvalue weighted by molar-refractivity contribution is -0.385. The Morgan fingerprint density at radius 3 is 2.76 bits per heavy atom. The van der Waals surface area contributed by atoms with Crippen LogP contribution in [0.2, 0.25) is 0 Å². The highest BCUT2D eigenvalue weighted by molar-refractivity contribution is 9.10. The van der Waals surface area contributed by atoms with E-state index in [1.54, 1.807) is 12.1 Å². The van der Waals surface area contributed by atoms with Crippen molar-refractivity contribution in [3.8, 4) is 0 Å². The average Bonchev–Trinajstić information content (AvgIpc) is 2.45. The van der Waals surface area contributed by atoms with Gasteiger partial charge in [0.05, 0.1) is 9.40 Å². The van der Waals surface area contributed by atoms with E-state index in [4.69, 9.17) is 0 Å². The van der Waals surface area contributed by atoms with E-state index in [0.29, 0.717) is 11.0 Å². The second-order valence-corrected chi connectivity index (χ2v) is 5.55. The standard InChI is InChI=1S/C15H14BrFN2O2/c1-10(12-3-2-4-13(17)8-12)18-9-11-5-6-14(16)15(7-11)19(20)21/h2-8,10,18H,9H2,1H3/t10-/m0/s1. The monoisotopic (exact) mass is 352 g/mol. The van der Waals surface area contributed by atoms with Crippen LogP contribution >= 0.6 is 15.9 Å². The first-order valence-corrected chi connectivity index (χ1v) is 7.18. The number of hydrogen-bond donors (Lipinski definition) is 1. The van der Waals surface area contributed by atoms with Crippen molar-refractivity contribution in [2.24, 2.45) is 0 Å². The van der Waals surface area contributed by atoms with Gasteiger partial charge in [-0.3, -0.25) is 10.1 Å². The fraction of sp³-hybridized carbons (Fsp3) is 0.200. The first-order valence-electron chi connectivity index (χ1n) is 6.39. The Morgan fingerprint density at radius 1 is 1.33 bits per heavy atom. The maximum absolute atomic E-state index is 13.2. The van der Waals surface area contributed by atoms with Crippen LogP contribution < -0.4 is 5.32 Å². The second-order valence-electron chi connectivity index (χ2n) is 4.70. The van der Waals surface area contributed by atoms with Crippen molar-refractivity contribution in [1.82, 2.24) is 5.32 Å². The Balaban J connectivity index is 2.06. The molecule has 0 aromatic heterocycles. The lowest BCUT2D eigenvalue weighted by atomic mass is 10.1. The molecule has 110 valence electrons. The highest BCUT2D eigenvalue weighted by Gasteiger charge is 2.13. The van der Waals surface area contributed by atoms with E-state index in [0.717, 1.165) is 11.1 Å². The summed E-state index contributed by atoms with van der Waals surface area (Å²) in [6.45, 7) is 2.38. The Kier molecular flexibility index (Phi) is 5.03. The first-order chi connectivity index (χ1) is 9.97. The fourth-order valence-electron chi connectivity index (χ4n) is 1.97. The highest BCUT2D eigenvalue weighted by Crippen LogP contribution is 2.26. The van der Waals surface area contributed by atoms with E-state index in [1.807, 2.05) is 19.1 Å². The van der Waals surface area contributed by atoms with Crippen LogP contribution in [0.1, 0.15) is 24.1 Å². The molecule has 0 spiro atoms. The number of nitro benzene ring substituents is 1. The number of nitrogens with zero attached hydrogens (tertiary/aromatic N) is 1. The lowest BCUT2D eigenvalue weighted by Crippen LogP contribution is -2.18. The maximum atomic E-state index is 13.2. The summed E-state index contributed by atoms with van der Waals surface area (Å²) in [4.78, 5) is 10.5. The minimum Gasteiger partial charge on any atom is -0.306 e. The Morgan fingerprint density at radius 2 is 2.10 bits per heavy atom. The molecule has 21 heavy (non-hydrogen) atoms. The lowest BCUT2D eigenvalue weighted by Gasteiger charge is -2.14. The Labute approximate surface area is 130 Å². The molecule has 0 aliphatic carbocycles. The van der Waals surface area contributed by atoms with Crippen LogP contribution in [0.5, 0.6) is 0 Å². The highest BCUT2D eigenvalue weighted by atomic mass is 79.9. The van der Waals surface area contributed by atoms with Crippen molar-refractivity contribution in [2.75, 3.05) is 0 Å². The van der Waals surface area contributed by atoms with Gasteiger partial charge in [-0.1, -0.05) is 18.2 Å². The molecule has 0 unspecified atom stereocenters. The number of benzene rings is 2. The van der Waals surface area contributed by atoms with Crippen molar-refractivity contribution in [3.05, 3.63) is 74.0 Å². The molecule has 2 rings (SSSR count). The summed E-state index contributed by atoms with van der Waals surface area (Å²) < 4.78 is 13.6. The number of nitro groups is 1. The SMILES string of the molecule is C[C@H](NCc1ccc(Br)c([N+](=O)[O-])c1)c1cccc(F)c1. The van der Waals surface area contributed by atoms with Gasteiger partial charge in [0, 0.05) is 18.7 Å². The van der Waals surface area contributed by atoms with Crippen LogP contribution in [0.25, 0.3) is 0 Å². The van der Waals surface area contributed by atoms with E-state index in [1.165, 1.54) is 18.2 Å². The van der Waals surface area contributed by atoms with Crippen molar-refractivity contribution < 1.29 is 9.31 Å². The summed E-state index contributed by atoms with van der Waals surface area (Å²) in [6, 6.07) is 11.3. The van der Waals surface area contributed by atoms with E-state index in [-0.39, 0.29) is 17.5 Å². The average molecular weight is 353 g/mol. The van der Waals surface area contributed by atoms with Crippen molar-refractivity contribution >= 4 is 21.6 Å². The summed E-state index contributed by atoms with van der Waals surface area (Å²) in [5.74, 6) is -0.277. The van der Waals surface area contributed by atoms with E-state index < -0.39 is 4.92 Å². The molecule has 1 atom stereocenters. The molecule has 0 bridgehead atoms. The van der Waals surface area contributed by atoms with Crippen LogP contribution in [0.4, 0.5) is 10.1 Å². The van der Waals surface area contributed by atoms with Crippen molar-refractivity contribution in [1.29, 1.82) is 0 Å². The molecule has 4 nitrogen and oxygen atoms in total. The van der Waals surface area contributed by atoms with Gasteiger partial charge in [0.1, 0.15) is 5.82 Å². The van der Waals surface area contributed by atoms with E-state index in [2.05, 4.69) is 21.2 Å². The molecular weight excluding hydrogens is 339 g/mol. The molecule has 0 heterocycles. The zero-order valence-corrected chi connectivity index (χ0v) is 12.9. The van der Waals surface area contributed by atoms with Crippen molar-refractivity contribution in [2.45, 2.75) is 19.5 Å². The molecule has 0 aliphatic heterocycles. The third-order valence-electron chi connectivity index (χ3n) is 3.17. The largest absolute Gasteiger partial charge is 0.306 e. The molecular formula is C15H14BrFN2O2. The summed E-state index contributed by atoms with van der Waals surface area (Å²) in [7, 11) is 0. The zero-order valence-electron chi connectivity index (χ0n) is 11.3. The molecule has 0 amide bonds. The van der Waals surface area contributed by atoms with Crippen LogP contribution in [0.15, 0.2) is 46.9 Å². The fourth-order valence-corrected chi connectivity index (χ4v) is 2.36. The Bertz CT molecular complexity index is 664. The third-order valence-corrected chi connectivity index (χ3v) is 3.84. The van der Waals surface area contributed by atoms with Crippen LogP contribution in [-0.2, 0) is 6.54 Å². The van der Waals surface area contributed by atoms with Crippen LogP contribution in [0, 0.1) is 15.9 Å². The van der Waals surface area contributed by atoms with Gasteiger partial charge in [0.15, 0.2) is 0 Å². The minimum atomic E-state index is -0.427. The van der Waals surface area contributed by atoms with Crippen molar-refractivity contribution in [3.63, 3.8) is 0 Å². The summed E-state index contributed by atoms with van der Waals surface area (Å²) >= 11 is 3.15. The van der Waals surface area contributed by atoms with Gasteiger partial charge < -0.3 is 5.32 Å². The molecule has 6 heteroatoms. The van der Waals surface area contributed by atoms with Gasteiger partial charge in [-0.25, -0.2) is 4.39 Å². The molecule has 0 saturated carbocycles. The first kappa shape index (κ1) is 15.6. The summed E-state index contributed by atoms with van der Waals surface area (Å²) in [5, 5.41) is 14.1. The molecule has 0 radical (unpaired) electrons. The zero-order chi connectivity index (χ0) is 15.4. The van der Waals surface area contributed by atoms with Gasteiger partial charge >= 0.3 is 0 Å². The van der Waals surface area contributed by atoms with Gasteiger partial charge in [-0.15, -0.1) is 0 Å². The maximum Gasteiger partial charge on any atom is 0.283 e. The quantitative estimate of drug-likeness (QED) is 0.642. The van der Waals surface area contributed by atoms with E-state index in [9.17, 15) is 14.5 Å². The van der Waals surface area contributed by atoms with Gasteiger partial charge in [-0.05, 0) is 52.2 Å². The minimum absolute atomic E-state index is 0.0349. The number of rotatable bonds is 5. The number of hydrogen-bond acceptors (Lipinski definition) is 3. The molecule has 0 fully saturated rings. The van der Waals surface area contributed by atoms with Crippen LogP contribution in [-0.4, -0.2) is 4.92 Å². The molecule has 2 aromatic carbocycles. The topological polar surface area (TPSA) is 55.2 Å². The van der Waals surface area contributed by atoms with Gasteiger partial charge in [0.2, 0.25) is 0 Å². The van der Waals surface area contributed by atoms with E-state index >= 15 is 0 Å².